The van der Waals surface area contributed by atoms with Crippen LogP contribution >= 0.6 is 11.3 Å². The molecule has 0 aliphatic heterocycles. The van der Waals surface area contributed by atoms with Crippen LogP contribution in [0, 0.1) is 6.92 Å². The average Bonchev–Trinajstić information content (AvgIpc) is 2.47. The zero-order chi connectivity index (χ0) is 10.9. The number of rotatable bonds is 3. The molecule has 0 amide bonds. The molecule has 0 fully saturated rings. The normalized spacial score (nSPS) is 16.6. The first kappa shape index (κ1) is 11.7. The van der Waals surface area contributed by atoms with E-state index in [4.69, 9.17) is 5.73 Å². The first-order valence-corrected chi connectivity index (χ1v) is 7.10. The van der Waals surface area contributed by atoms with Crippen molar-refractivity contribution in [1.29, 1.82) is 0 Å². The third-order valence-electron chi connectivity index (χ3n) is 2.27. The van der Waals surface area contributed by atoms with Gasteiger partial charge < -0.3 is 5.73 Å². The molecule has 14 heavy (non-hydrogen) atoms. The van der Waals surface area contributed by atoms with Gasteiger partial charge in [-0.1, -0.05) is 0 Å². The molecule has 1 aromatic rings. The van der Waals surface area contributed by atoms with Gasteiger partial charge in [0.15, 0.2) is 9.84 Å². The Bertz CT molecular complexity index is 408. The lowest BCUT2D eigenvalue weighted by Crippen LogP contribution is -2.29. The van der Waals surface area contributed by atoms with Crippen molar-refractivity contribution in [2.24, 2.45) is 5.73 Å². The smallest absolute Gasteiger partial charge is 0.151 e. The summed E-state index contributed by atoms with van der Waals surface area (Å²) in [4.78, 5) is 2.08. The van der Waals surface area contributed by atoms with Crippen LogP contribution in [0.15, 0.2) is 12.1 Å². The van der Waals surface area contributed by atoms with E-state index in [1.807, 2.05) is 19.1 Å². The summed E-state index contributed by atoms with van der Waals surface area (Å²) in [6, 6.07) is 3.44. The first-order chi connectivity index (χ1) is 6.32. The quantitative estimate of drug-likeness (QED) is 0.860. The summed E-state index contributed by atoms with van der Waals surface area (Å²) in [6.07, 6.45) is 1.22. The Balaban J connectivity index is 2.91. The fourth-order valence-electron chi connectivity index (χ4n) is 1.13. The molecule has 0 aliphatic carbocycles. The van der Waals surface area contributed by atoms with E-state index < -0.39 is 21.1 Å². The molecule has 0 saturated carbocycles. The van der Waals surface area contributed by atoms with Crippen molar-refractivity contribution < 1.29 is 8.42 Å². The molecule has 1 rings (SSSR count). The summed E-state index contributed by atoms with van der Waals surface area (Å²) < 4.78 is 22.6. The topological polar surface area (TPSA) is 60.2 Å². The number of thiophene rings is 1. The number of hydrogen-bond donors (Lipinski definition) is 1. The van der Waals surface area contributed by atoms with Crippen LogP contribution in [0.2, 0.25) is 0 Å². The van der Waals surface area contributed by atoms with Crippen molar-refractivity contribution in [3.8, 4) is 0 Å². The van der Waals surface area contributed by atoms with Crippen LogP contribution in [0.4, 0.5) is 0 Å². The third kappa shape index (κ3) is 2.56. The Morgan fingerprint density at radius 3 is 2.36 bits per heavy atom. The minimum atomic E-state index is -3.06. The van der Waals surface area contributed by atoms with Gasteiger partial charge >= 0.3 is 0 Å². The predicted molar refractivity (Wildman–Crippen MR) is 60.3 cm³/mol. The van der Waals surface area contributed by atoms with Crippen LogP contribution in [-0.2, 0) is 9.84 Å². The minimum Gasteiger partial charge on any atom is -0.322 e. The van der Waals surface area contributed by atoms with Crippen molar-refractivity contribution in [3.05, 3.63) is 21.9 Å². The Morgan fingerprint density at radius 1 is 1.43 bits per heavy atom. The molecule has 2 N–H and O–H groups in total. The fourth-order valence-corrected chi connectivity index (χ4v) is 2.88. The lowest BCUT2D eigenvalue weighted by molar-refractivity contribution is 0.572. The lowest BCUT2D eigenvalue weighted by Gasteiger charge is -2.16. The standard InChI is InChI=1S/C9H15NO2S2/c1-6-4-5-8(13-6)9(10)7(2)14(3,11)12/h4-5,7,9H,10H2,1-3H3. The highest BCUT2D eigenvalue weighted by atomic mass is 32.2. The van der Waals surface area contributed by atoms with E-state index in [0.29, 0.717) is 0 Å². The van der Waals surface area contributed by atoms with Gasteiger partial charge in [0.25, 0.3) is 0 Å². The van der Waals surface area contributed by atoms with Gasteiger partial charge in [0.2, 0.25) is 0 Å². The zero-order valence-corrected chi connectivity index (χ0v) is 10.2. The van der Waals surface area contributed by atoms with Gasteiger partial charge in [-0.25, -0.2) is 8.42 Å². The summed E-state index contributed by atoms with van der Waals surface area (Å²) >= 11 is 1.55. The molecule has 0 aliphatic rings. The zero-order valence-electron chi connectivity index (χ0n) is 8.52. The maximum atomic E-state index is 11.3. The van der Waals surface area contributed by atoms with Crippen LogP contribution in [-0.4, -0.2) is 19.9 Å². The van der Waals surface area contributed by atoms with Gasteiger partial charge in [-0.3, -0.25) is 0 Å². The Labute approximate surface area is 88.9 Å². The Morgan fingerprint density at radius 2 is 2.00 bits per heavy atom. The van der Waals surface area contributed by atoms with E-state index in [0.717, 1.165) is 9.75 Å². The number of nitrogens with two attached hydrogens (primary N) is 1. The van der Waals surface area contributed by atoms with E-state index in [1.165, 1.54) is 6.26 Å². The Kier molecular flexibility index (Phi) is 3.34. The van der Waals surface area contributed by atoms with Crippen LogP contribution < -0.4 is 5.73 Å². The molecule has 0 aromatic carbocycles. The Hall–Kier alpha value is -0.390. The second-order valence-corrected chi connectivity index (χ2v) is 7.23. The highest BCUT2D eigenvalue weighted by Gasteiger charge is 2.24. The highest BCUT2D eigenvalue weighted by molar-refractivity contribution is 7.91. The largest absolute Gasteiger partial charge is 0.322 e. The SMILES string of the molecule is Cc1ccc(C(N)C(C)S(C)(=O)=O)s1. The van der Waals surface area contributed by atoms with Gasteiger partial charge in [0.1, 0.15) is 0 Å². The second-order valence-electron chi connectivity index (χ2n) is 3.51. The molecule has 1 heterocycles. The molecule has 0 bridgehead atoms. The summed E-state index contributed by atoms with van der Waals surface area (Å²) in [6.45, 7) is 3.63. The summed E-state index contributed by atoms with van der Waals surface area (Å²) in [5.74, 6) is 0. The highest BCUT2D eigenvalue weighted by Crippen LogP contribution is 2.25. The lowest BCUT2D eigenvalue weighted by atomic mass is 10.2. The van der Waals surface area contributed by atoms with Crippen molar-refractivity contribution in [3.63, 3.8) is 0 Å². The van der Waals surface area contributed by atoms with Crippen molar-refractivity contribution in [1.82, 2.24) is 0 Å². The van der Waals surface area contributed by atoms with E-state index in [-0.39, 0.29) is 0 Å². The van der Waals surface area contributed by atoms with Crippen LogP contribution in [0.25, 0.3) is 0 Å². The predicted octanol–water partition coefficient (Wildman–Crippen LogP) is 1.49. The number of hydrogen-bond acceptors (Lipinski definition) is 4. The molecule has 0 saturated heterocycles. The molecule has 3 nitrogen and oxygen atoms in total. The van der Waals surface area contributed by atoms with E-state index in [1.54, 1.807) is 18.3 Å². The second kappa shape index (κ2) is 4.00. The fraction of sp³-hybridized carbons (Fsp3) is 0.556. The average molecular weight is 233 g/mol. The molecule has 5 heteroatoms. The molecule has 2 atom stereocenters. The molecule has 1 aromatic heterocycles. The molecule has 0 spiro atoms. The van der Waals surface area contributed by atoms with Gasteiger partial charge in [0, 0.05) is 16.0 Å². The molecule has 0 radical (unpaired) electrons. The molecular formula is C9H15NO2S2. The monoisotopic (exact) mass is 233 g/mol. The van der Waals surface area contributed by atoms with E-state index in [2.05, 4.69) is 0 Å². The van der Waals surface area contributed by atoms with E-state index in [9.17, 15) is 8.42 Å². The maximum absolute atomic E-state index is 11.3. The van der Waals surface area contributed by atoms with Crippen LogP contribution in [0.1, 0.15) is 22.7 Å². The van der Waals surface area contributed by atoms with Crippen LogP contribution in [0.5, 0.6) is 0 Å². The van der Waals surface area contributed by atoms with Crippen molar-refractivity contribution in [2.45, 2.75) is 25.1 Å². The molecular weight excluding hydrogens is 218 g/mol. The minimum absolute atomic E-state index is 0.413. The van der Waals surface area contributed by atoms with Crippen molar-refractivity contribution >= 4 is 21.2 Å². The number of sulfone groups is 1. The molecule has 2 unspecified atom stereocenters. The van der Waals surface area contributed by atoms with Gasteiger partial charge in [0.05, 0.1) is 11.3 Å². The third-order valence-corrected chi connectivity index (χ3v) is 5.02. The first-order valence-electron chi connectivity index (χ1n) is 4.33. The van der Waals surface area contributed by atoms with E-state index >= 15 is 0 Å². The summed E-state index contributed by atoms with van der Waals surface area (Å²) in [5, 5.41) is -0.527. The maximum Gasteiger partial charge on any atom is 0.151 e. The summed E-state index contributed by atoms with van der Waals surface area (Å²) in [7, 11) is -3.06. The molecule has 80 valence electrons. The van der Waals surface area contributed by atoms with Gasteiger partial charge in [-0.15, -0.1) is 11.3 Å². The van der Waals surface area contributed by atoms with Gasteiger partial charge in [-0.2, -0.15) is 0 Å². The summed E-state index contributed by atoms with van der Waals surface area (Å²) in [5.41, 5.74) is 5.87. The number of aryl methyl sites for hydroxylation is 1. The van der Waals surface area contributed by atoms with Crippen LogP contribution in [0.3, 0.4) is 0 Å². The van der Waals surface area contributed by atoms with Gasteiger partial charge in [-0.05, 0) is 26.0 Å². The van der Waals surface area contributed by atoms with Crippen molar-refractivity contribution in [2.75, 3.05) is 6.26 Å².